The second kappa shape index (κ2) is 5.10. The molecule has 1 aliphatic rings. The largest absolute Gasteiger partial charge is 0.384 e. The van der Waals surface area contributed by atoms with E-state index in [1.54, 1.807) is 0 Å². The van der Waals surface area contributed by atoms with E-state index in [2.05, 4.69) is 54.9 Å². The van der Waals surface area contributed by atoms with E-state index in [0.717, 1.165) is 31.0 Å². The van der Waals surface area contributed by atoms with E-state index in [0.29, 0.717) is 5.92 Å². The van der Waals surface area contributed by atoms with Crippen molar-refractivity contribution in [2.45, 2.75) is 46.5 Å². The van der Waals surface area contributed by atoms with Gasteiger partial charge in [0.15, 0.2) is 5.82 Å². The molecule has 1 aliphatic heterocycles. The first-order valence-electron chi connectivity index (χ1n) is 7.72. The van der Waals surface area contributed by atoms with Gasteiger partial charge in [0.25, 0.3) is 0 Å². The highest BCUT2D eigenvalue weighted by molar-refractivity contribution is 5.74. The maximum Gasteiger partial charge on any atom is 0.160 e. The number of hydrogen-bond donors (Lipinski definition) is 2. The maximum absolute atomic E-state index is 6.12. The zero-order chi connectivity index (χ0) is 15.1. The molecular weight excluding hydrogens is 260 g/mol. The Bertz CT molecular complexity index is 648. The van der Waals surface area contributed by atoms with Gasteiger partial charge in [0, 0.05) is 17.8 Å². The van der Waals surface area contributed by atoms with Crippen LogP contribution >= 0.6 is 0 Å². The van der Waals surface area contributed by atoms with Gasteiger partial charge in [-0.25, -0.2) is 0 Å². The van der Waals surface area contributed by atoms with Gasteiger partial charge in [-0.05, 0) is 50.7 Å². The summed E-state index contributed by atoms with van der Waals surface area (Å²) in [7, 11) is 0. The molecule has 0 spiro atoms. The molecule has 3 rings (SSSR count). The third-order valence-electron chi connectivity index (χ3n) is 4.58. The molecule has 0 aliphatic carbocycles. The van der Waals surface area contributed by atoms with Crippen molar-refractivity contribution in [3.63, 3.8) is 0 Å². The van der Waals surface area contributed by atoms with Crippen molar-refractivity contribution < 1.29 is 0 Å². The molecule has 4 nitrogen and oxygen atoms in total. The molecular formula is C17H24N4. The lowest BCUT2D eigenvalue weighted by atomic mass is 9.89. The Hall–Kier alpha value is -1.97. The molecule has 1 aromatic carbocycles. The van der Waals surface area contributed by atoms with Gasteiger partial charge < -0.3 is 10.6 Å². The van der Waals surface area contributed by atoms with E-state index >= 15 is 0 Å². The highest BCUT2D eigenvalue weighted by Gasteiger charge is 2.31. The Kier molecular flexibility index (Phi) is 3.40. The number of anilines is 3. The SMILES string of the molecule is CCC1CCN(c2c(C)cc(C)cc2C)c2n[nH]c(N)c21. The second-order valence-electron chi connectivity index (χ2n) is 6.17. The van der Waals surface area contributed by atoms with Crippen LogP contribution in [0.4, 0.5) is 17.3 Å². The van der Waals surface area contributed by atoms with Crippen LogP contribution in [0, 0.1) is 20.8 Å². The molecule has 2 aromatic rings. The molecule has 0 bridgehead atoms. The lowest BCUT2D eigenvalue weighted by Crippen LogP contribution is -2.28. The van der Waals surface area contributed by atoms with Gasteiger partial charge in [-0.15, -0.1) is 0 Å². The summed E-state index contributed by atoms with van der Waals surface area (Å²) in [6, 6.07) is 4.48. The number of nitrogens with one attached hydrogen (secondary N) is 1. The number of H-pyrrole nitrogens is 1. The molecule has 21 heavy (non-hydrogen) atoms. The van der Waals surface area contributed by atoms with Crippen molar-refractivity contribution in [1.29, 1.82) is 0 Å². The summed E-state index contributed by atoms with van der Waals surface area (Å²) >= 11 is 0. The molecule has 3 N–H and O–H groups in total. The summed E-state index contributed by atoms with van der Waals surface area (Å²) < 4.78 is 0. The van der Waals surface area contributed by atoms with E-state index in [1.165, 1.54) is 27.9 Å². The average Bonchev–Trinajstić information content (AvgIpc) is 2.81. The van der Waals surface area contributed by atoms with Gasteiger partial charge in [0.1, 0.15) is 5.82 Å². The zero-order valence-electron chi connectivity index (χ0n) is 13.3. The summed E-state index contributed by atoms with van der Waals surface area (Å²) in [4.78, 5) is 2.33. The van der Waals surface area contributed by atoms with Crippen molar-refractivity contribution in [2.24, 2.45) is 0 Å². The van der Waals surface area contributed by atoms with Crippen LogP contribution in [-0.2, 0) is 0 Å². The highest BCUT2D eigenvalue weighted by atomic mass is 15.3. The monoisotopic (exact) mass is 284 g/mol. The summed E-state index contributed by atoms with van der Waals surface area (Å²) in [5.74, 6) is 2.26. The van der Waals surface area contributed by atoms with Crippen LogP contribution in [0.5, 0.6) is 0 Å². The van der Waals surface area contributed by atoms with Crippen LogP contribution in [0.3, 0.4) is 0 Å². The number of nitrogens with two attached hydrogens (primary N) is 1. The molecule has 0 fully saturated rings. The summed E-state index contributed by atoms with van der Waals surface area (Å²) in [5.41, 5.74) is 12.5. The zero-order valence-corrected chi connectivity index (χ0v) is 13.3. The van der Waals surface area contributed by atoms with Crippen LogP contribution < -0.4 is 10.6 Å². The Labute approximate surface area is 126 Å². The first kappa shape index (κ1) is 14.0. The standard InChI is InChI=1S/C17H24N4/c1-5-13-6-7-21(17-14(13)16(18)19-20-17)15-11(3)8-10(2)9-12(15)4/h8-9,13H,5-7H2,1-4H3,(H3,18,19,20). The number of rotatable bonds is 2. The molecule has 112 valence electrons. The van der Waals surface area contributed by atoms with Gasteiger partial charge >= 0.3 is 0 Å². The number of nitrogen functional groups attached to an aromatic ring is 1. The summed E-state index contributed by atoms with van der Waals surface area (Å²) in [5, 5.41) is 7.47. The first-order valence-corrected chi connectivity index (χ1v) is 7.72. The van der Waals surface area contributed by atoms with Gasteiger partial charge in [-0.1, -0.05) is 24.6 Å². The quantitative estimate of drug-likeness (QED) is 0.877. The predicted octanol–water partition coefficient (Wildman–Crippen LogP) is 3.95. The van der Waals surface area contributed by atoms with Crippen LogP contribution in [0.2, 0.25) is 0 Å². The van der Waals surface area contributed by atoms with Crippen LogP contribution in [0.15, 0.2) is 12.1 Å². The fourth-order valence-corrected chi connectivity index (χ4v) is 3.72. The van der Waals surface area contributed by atoms with Gasteiger partial charge in [0.2, 0.25) is 0 Å². The number of aryl methyl sites for hydroxylation is 3. The lowest BCUT2D eigenvalue weighted by Gasteiger charge is -2.34. The molecule has 0 saturated heterocycles. The fraction of sp³-hybridized carbons (Fsp3) is 0.471. The van der Waals surface area contributed by atoms with E-state index in [9.17, 15) is 0 Å². The topological polar surface area (TPSA) is 57.9 Å². The predicted molar refractivity (Wildman–Crippen MR) is 88.3 cm³/mol. The minimum Gasteiger partial charge on any atom is -0.384 e. The summed E-state index contributed by atoms with van der Waals surface area (Å²) in [6.07, 6.45) is 2.23. The van der Waals surface area contributed by atoms with Crippen LogP contribution in [0.1, 0.15) is 47.9 Å². The average molecular weight is 284 g/mol. The number of benzene rings is 1. The highest BCUT2D eigenvalue weighted by Crippen LogP contribution is 2.43. The van der Waals surface area contributed by atoms with E-state index in [1.807, 2.05) is 0 Å². The molecule has 1 unspecified atom stereocenters. The summed E-state index contributed by atoms with van der Waals surface area (Å²) in [6.45, 7) is 9.72. The van der Waals surface area contributed by atoms with Crippen LogP contribution in [0.25, 0.3) is 0 Å². The minimum atomic E-state index is 0.515. The molecule has 0 radical (unpaired) electrons. The normalized spacial score (nSPS) is 17.9. The third kappa shape index (κ3) is 2.19. The van der Waals surface area contributed by atoms with Crippen molar-refractivity contribution in [3.8, 4) is 0 Å². The van der Waals surface area contributed by atoms with Crippen molar-refractivity contribution in [2.75, 3.05) is 17.2 Å². The van der Waals surface area contributed by atoms with Gasteiger partial charge in [-0.3, -0.25) is 5.10 Å². The van der Waals surface area contributed by atoms with Crippen molar-refractivity contribution >= 4 is 17.3 Å². The Morgan fingerprint density at radius 3 is 2.57 bits per heavy atom. The van der Waals surface area contributed by atoms with Crippen LogP contribution in [-0.4, -0.2) is 16.7 Å². The third-order valence-corrected chi connectivity index (χ3v) is 4.58. The van der Waals surface area contributed by atoms with E-state index in [4.69, 9.17) is 5.73 Å². The minimum absolute atomic E-state index is 0.515. The number of aromatic amines is 1. The fourth-order valence-electron chi connectivity index (χ4n) is 3.72. The Morgan fingerprint density at radius 1 is 1.29 bits per heavy atom. The number of fused-ring (bicyclic) bond motifs is 1. The second-order valence-corrected chi connectivity index (χ2v) is 6.17. The maximum atomic E-state index is 6.12. The number of hydrogen-bond acceptors (Lipinski definition) is 3. The van der Waals surface area contributed by atoms with Crippen molar-refractivity contribution in [3.05, 3.63) is 34.4 Å². The number of aromatic nitrogens is 2. The van der Waals surface area contributed by atoms with E-state index in [-0.39, 0.29) is 0 Å². The molecule has 1 aromatic heterocycles. The van der Waals surface area contributed by atoms with Gasteiger partial charge in [-0.2, -0.15) is 5.10 Å². The molecule has 4 heteroatoms. The number of nitrogens with zero attached hydrogens (tertiary/aromatic N) is 2. The van der Waals surface area contributed by atoms with Crippen molar-refractivity contribution in [1.82, 2.24) is 10.2 Å². The van der Waals surface area contributed by atoms with E-state index < -0.39 is 0 Å². The van der Waals surface area contributed by atoms with Gasteiger partial charge in [0.05, 0.1) is 0 Å². The first-order chi connectivity index (χ1) is 10.0. The smallest absolute Gasteiger partial charge is 0.160 e. The Morgan fingerprint density at radius 2 is 1.95 bits per heavy atom. The molecule has 1 atom stereocenters. The lowest BCUT2D eigenvalue weighted by molar-refractivity contribution is 0.585. The molecule has 0 amide bonds. The molecule has 0 saturated carbocycles. The Balaban J connectivity index is 2.13. The molecule has 2 heterocycles.